The fourth-order valence-corrected chi connectivity index (χ4v) is 3.96. The van der Waals surface area contributed by atoms with Crippen LogP contribution in [0.2, 0.25) is 0 Å². The summed E-state index contributed by atoms with van der Waals surface area (Å²) in [5, 5.41) is 0. The average molecular weight is 499 g/mol. The van der Waals surface area contributed by atoms with Gasteiger partial charge in [-0.3, -0.25) is 0 Å². The number of carbonyl (C=O) groups is 2. The molecule has 0 amide bonds. The van der Waals surface area contributed by atoms with E-state index in [1.54, 1.807) is 12.1 Å². The molecule has 0 aliphatic rings. The first-order valence-corrected chi connectivity index (χ1v) is 10.6. The predicted molar refractivity (Wildman–Crippen MR) is 112 cm³/mol. The van der Waals surface area contributed by atoms with Gasteiger partial charge in [-0.05, 0) is 58.8 Å². The predicted octanol–water partition coefficient (Wildman–Crippen LogP) is 3.26. The van der Waals surface area contributed by atoms with Gasteiger partial charge in [0.05, 0.1) is 25.8 Å². The molecule has 0 fully saturated rings. The number of hydrogen-bond donors (Lipinski definition) is 0. The number of halogens is 1. The molecule has 8 nitrogen and oxygen atoms in total. The van der Waals surface area contributed by atoms with Crippen LogP contribution in [0.15, 0.2) is 51.3 Å². The molecule has 30 heavy (non-hydrogen) atoms. The Morgan fingerprint density at radius 1 is 0.967 bits per heavy atom. The smallest absolute Gasteiger partial charge is 0.345 e. The molecule has 2 aromatic rings. The fraction of sp³-hybridized carbons (Fsp3) is 0.200. The standard InChI is InChI=1S/C20H19BrO8S/c1-12-5-7-14(8-6-12)30(24,25)29-18-16(21)10-13(11-17(18)26-2)9-15(19(22)27-3)20(23)28-4/h5-11H,1-4H3. The average Bonchev–Trinajstić information content (AvgIpc) is 2.72. The molecule has 0 aliphatic carbocycles. The Balaban J connectivity index is 2.50. The summed E-state index contributed by atoms with van der Waals surface area (Å²) in [4.78, 5) is 23.7. The van der Waals surface area contributed by atoms with Crippen LogP contribution in [0.25, 0.3) is 6.08 Å². The van der Waals surface area contributed by atoms with Crippen molar-refractivity contribution in [2.24, 2.45) is 0 Å². The maximum absolute atomic E-state index is 12.6. The quantitative estimate of drug-likeness (QED) is 0.188. The molecule has 0 unspecified atom stereocenters. The second-order valence-electron chi connectivity index (χ2n) is 5.93. The molecule has 0 radical (unpaired) electrons. The van der Waals surface area contributed by atoms with Crippen molar-refractivity contribution in [3.05, 3.63) is 57.6 Å². The van der Waals surface area contributed by atoms with E-state index < -0.39 is 22.1 Å². The highest BCUT2D eigenvalue weighted by Crippen LogP contribution is 2.39. The molecule has 2 aromatic carbocycles. The normalized spacial score (nSPS) is 10.7. The van der Waals surface area contributed by atoms with E-state index in [0.29, 0.717) is 5.56 Å². The van der Waals surface area contributed by atoms with Gasteiger partial charge in [-0.1, -0.05) is 17.7 Å². The summed E-state index contributed by atoms with van der Waals surface area (Å²) in [6.07, 6.45) is 1.23. The number of methoxy groups -OCH3 is 3. The maximum Gasteiger partial charge on any atom is 0.345 e. The summed E-state index contributed by atoms with van der Waals surface area (Å²) < 4.78 is 45.1. The van der Waals surface area contributed by atoms with Crippen LogP contribution in [-0.4, -0.2) is 41.7 Å². The minimum absolute atomic E-state index is 0.0234. The van der Waals surface area contributed by atoms with Crippen molar-refractivity contribution in [1.29, 1.82) is 0 Å². The Morgan fingerprint density at radius 3 is 2.03 bits per heavy atom. The topological polar surface area (TPSA) is 105 Å². The van der Waals surface area contributed by atoms with Crippen LogP contribution in [0.1, 0.15) is 11.1 Å². The highest BCUT2D eigenvalue weighted by Gasteiger charge is 2.23. The number of ether oxygens (including phenoxy) is 3. The molecule has 10 heteroatoms. The Bertz CT molecular complexity index is 1070. The highest BCUT2D eigenvalue weighted by atomic mass is 79.9. The summed E-state index contributed by atoms with van der Waals surface area (Å²) >= 11 is 3.24. The van der Waals surface area contributed by atoms with E-state index in [9.17, 15) is 18.0 Å². The van der Waals surface area contributed by atoms with Gasteiger partial charge in [-0.2, -0.15) is 8.42 Å². The molecule has 160 valence electrons. The van der Waals surface area contributed by atoms with Crippen LogP contribution in [-0.2, 0) is 29.2 Å². The van der Waals surface area contributed by atoms with Crippen LogP contribution in [0.3, 0.4) is 0 Å². The molecule has 0 heterocycles. The van der Waals surface area contributed by atoms with Gasteiger partial charge in [-0.25, -0.2) is 9.59 Å². The van der Waals surface area contributed by atoms with Crippen LogP contribution >= 0.6 is 15.9 Å². The van der Waals surface area contributed by atoms with E-state index in [4.69, 9.17) is 8.92 Å². The lowest BCUT2D eigenvalue weighted by molar-refractivity contribution is -0.143. The van der Waals surface area contributed by atoms with E-state index in [1.807, 2.05) is 6.92 Å². The molecule has 0 spiro atoms. The van der Waals surface area contributed by atoms with Gasteiger partial charge in [0, 0.05) is 0 Å². The maximum atomic E-state index is 12.6. The van der Waals surface area contributed by atoms with Gasteiger partial charge in [0.25, 0.3) is 0 Å². The number of aryl methyl sites for hydroxylation is 1. The third kappa shape index (κ3) is 5.39. The lowest BCUT2D eigenvalue weighted by Gasteiger charge is -2.14. The second kappa shape index (κ2) is 9.77. The molecule has 0 saturated carbocycles. The van der Waals surface area contributed by atoms with Gasteiger partial charge in [0.15, 0.2) is 11.5 Å². The zero-order valence-corrected chi connectivity index (χ0v) is 19.0. The van der Waals surface area contributed by atoms with Crippen molar-refractivity contribution in [3.8, 4) is 11.5 Å². The van der Waals surface area contributed by atoms with E-state index in [0.717, 1.165) is 19.8 Å². The van der Waals surface area contributed by atoms with Crippen LogP contribution in [0.5, 0.6) is 11.5 Å². The summed E-state index contributed by atoms with van der Waals surface area (Å²) in [6, 6.07) is 9.02. The summed E-state index contributed by atoms with van der Waals surface area (Å²) in [7, 11) is -0.553. The Kier molecular flexibility index (Phi) is 7.63. The second-order valence-corrected chi connectivity index (χ2v) is 8.33. The third-order valence-corrected chi connectivity index (χ3v) is 5.70. The molecule has 0 aromatic heterocycles. The van der Waals surface area contributed by atoms with Gasteiger partial charge in [-0.15, -0.1) is 0 Å². The number of esters is 2. The third-order valence-electron chi connectivity index (χ3n) is 3.88. The van der Waals surface area contributed by atoms with Crippen LogP contribution in [0, 0.1) is 6.92 Å². The molecule has 0 N–H and O–H groups in total. The Morgan fingerprint density at radius 2 is 1.53 bits per heavy atom. The first-order valence-electron chi connectivity index (χ1n) is 8.40. The van der Waals surface area contributed by atoms with E-state index >= 15 is 0 Å². The number of carbonyl (C=O) groups excluding carboxylic acids is 2. The first-order chi connectivity index (χ1) is 14.1. The largest absolute Gasteiger partial charge is 0.493 e. The lowest BCUT2D eigenvalue weighted by Crippen LogP contribution is -2.15. The van der Waals surface area contributed by atoms with E-state index in [1.165, 1.54) is 37.5 Å². The van der Waals surface area contributed by atoms with Gasteiger partial charge in [0.1, 0.15) is 10.5 Å². The van der Waals surface area contributed by atoms with E-state index in [-0.39, 0.29) is 26.4 Å². The minimum atomic E-state index is -4.13. The van der Waals surface area contributed by atoms with Crippen molar-refractivity contribution in [1.82, 2.24) is 0 Å². The van der Waals surface area contributed by atoms with Gasteiger partial charge < -0.3 is 18.4 Å². The Labute approximate surface area is 182 Å². The molecule has 0 bridgehead atoms. The zero-order valence-electron chi connectivity index (χ0n) is 16.6. The van der Waals surface area contributed by atoms with Gasteiger partial charge in [0.2, 0.25) is 0 Å². The molecule has 0 saturated heterocycles. The fourth-order valence-electron chi connectivity index (χ4n) is 2.35. The SMILES string of the molecule is COC(=O)C(=Cc1cc(Br)c(OS(=O)(=O)c2ccc(C)cc2)c(OC)c1)C(=O)OC. The minimum Gasteiger partial charge on any atom is -0.493 e. The van der Waals surface area contributed by atoms with Crippen LogP contribution in [0.4, 0.5) is 0 Å². The monoisotopic (exact) mass is 498 g/mol. The van der Waals surface area contributed by atoms with Gasteiger partial charge >= 0.3 is 22.1 Å². The Hall–Kier alpha value is -2.85. The lowest BCUT2D eigenvalue weighted by atomic mass is 10.1. The molecule has 2 rings (SSSR count). The number of hydrogen-bond acceptors (Lipinski definition) is 8. The van der Waals surface area contributed by atoms with E-state index in [2.05, 4.69) is 25.4 Å². The summed E-state index contributed by atoms with van der Waals surface area (Å²) in [5.74, 6) is -1.81. The molecular weight excluding hydrogens is 480 g/mol. The molecule has 0 aliphatic heterocycles. The number of benzene rings is 2. The van der Waals surface area contributed by atoms with Crippen molar-refractivity contribution < 1.29 is 36.4 Å². The molecular formula is C20H19BrO8S. The zero-order chi connectivity index (χ0) is 22.5. The van der Waals surface area contributed by atoms with Crippen molar-refractivity contribution in [3.63, 3.8) is 0 Å². The number of rotatable bonds is 7. The summed E-state index contributed by atoms with van der Waals surface area (Å²) in [5.41, 5.74) is 0.885. The van der Waals surface area contributed by atoms with Crippen molar-refractivity contribution in [2.75, 3.05) is 21.3 Å². The van der Waals surface area contributed by atoms with Crippen molar-refractivity contribution >= 4 is 44.1 Å². The highest BCUT2D eigenvalue weighted by molar-refractivity contribution is 9.10. The first kappa shape index (κ1) is 23.4. The van der Waals surface area contributed by atoms with Crippen LogP contribution < -0.4 is 8.92 Å². The van der Waals surface area contributed by atoms with Crippen molar-refractivity contribution in [2.45, 2.75) is 11.8 Å². The molecule has 0 atom stereocenters. The summed E-state index contributed by atoms with van der Waals surface area (Å²) in [6.45, 7) is 1.83.